The SMILES string of the molecule is Clc1cccnc1NCCCOc1cccc(CN2CCCCC2)c1.O=C(O)C(=O)O.O=C(O)C(=O)O. The molecule has 1 aliphatic rings. The smallest absolute Gasteiger partial charge is 0.414 e. The maximum atomic E-state index is 9.10. The standard InChI is InChI=1S/C20H26ClN3O.2C2H2O4/c21-19-9-5-10-22-20(19)23-11-6-14-25-18-8-4-7-17(15-18)16-24-12-2-1-3-13-24;2*3-1(4)2(5)6/h4-5,7-10,15H,1-3,6,11-14,16H2,(H,22,23);2*(H,3,4)(H,5,6). The van der Waals surface area contributed by atoms with Crippen LogP contribution >= 0.6 is 11.6 Å². The summed E-state index contributed by atoms with van der Waals surface area (Å²) in [5.41, 5.74) is 1.33. The van der Waals surface area contributed by atoms with Crippen LogP contribution in [-0.4, -0.2) is 80.4 Å². The maximum Gasteiger partial charge on any atom is 0.414 e. The van der Waals surface area contributed by atoms with Crippen LogP contribution in [-0.2, 0) is 25.7 Å². The number of likely N-dealkylation sites (tertiary alicyclic amines) is 1. The van der Waals surface area contributed by atoms with E-state index in [-0.39, 0.29) is 0 Å². The summed E-state index contributed by atoms with van der Waals surface area (Å²) in [7, 11) is 0. The lowest BCUT2D eigenvalue weighted by molar-refractivity contribution is -0.159. The Hall–Kier alpha value is -3.90. The molecular weight excluding hydrogens is 510 g/mol. The van der Waals surface area contributed by atoms with Gasteiger partial charge in [-0.3, -0.25) is 4.90 Å². The molecule has 0 aliphatic carbocycles. The van der Waals surface area contributed by atoms with Gasteiger partial charge in [0, 0.05) is 19.3 Å². The fourth-order valence-corrected chi connectivity index (χ4v) is 3.28. The second kappa shape index (κ2) is 17.5. The van der Waals surface area contributed by atoms with E-state index in [0.717, 1.165) is 31.1 Å². The number of aliphatic carboxylic acids is 4. The van der Waals surface area contributed by atoms with E-state index in [4.69, 9.17) is 55.9 Å². The molecule has 2 aromatic rings. The number of anilines is 1. The Morgan fingerprint density at radius 1 is 0.919 bits per heavy atom. The molecule has 37 heavy (non-hydrogen) atoms. The zero-order valence-electron chi connectivity index (χ0n) is 20.0. The number of piperidine rings is 1. The van der Waals surface area contributed by atoms with Crippen molar-refractivity contribution in [2.24, 2.45) is 0 Å². The molecule has 1 aromatic carbocycles. The average Bonchev–Trinajstić information content (AvgIpc) is 2.86. The molecule has 202 valence electrons. The van der Waals surface area contributed by atoms with Crippen LogP contribution < -0.4 is 10.1 Å². The highest BCUT2D eigenvalue weighted by Gasteiger charge is 2.10. The predicted molar refractivity (Wildman–Crippen MR) is 134 cm³/mol. The van der Waals surface area contributed by atoms with Gasteiger partial charge in [-0.15, -0.1) is 0 Å². The van der Waals surface area contributed by atoms with Crippen molar-refractivity contribution < 1.29 is 44.3 Å². The maximum absolute atomic E-state index is 9.10. The molecule has 1 fully saturated rings. The van der Waals surface area contributed by atoms with Crippen LogP contribution in [0.4, 0.5) is 5.82 Å². The summed E-state index contributed by atoms with van der Waals surface area (Å²) in [5.74, 6) is -5.62. The number of ether oxygens (including phenoxy) is 1. The Bertz CT molecular complexity index is 982. The first-order chi connectivity index (χ1) is 17.6. The largest absolute Gasteiger partial charge is 0.494 e. The molecule has 0 atom stereocenters. The van der Waals surface area contributed by atoms with Crippen molar-refractivity contribution in [2.75, 3.05) is 31.6 Å². The molecule has 12 nitrogen and oxygen atoms in total. The van der Waals surface area contributed by atoms with E-state index in [9.17, 15) is 0 Å². The third kappa shape index (κ3) is 14.3. The fraction of sp³-hybridized carbons (Fsp3) is 0.375. The summed E-state index contributed by atoms with van der Waals surface area (Å²) in [5, 5.41) is 33.4. The molecular formula is C24H30ClN3O9. The number of rotatable bonds is 8. The first kappa shape index (κ1) is 31.1. The number of halogens is 1. The van der Waals surface area contributed by atoms with Gasteiger partial charge in [-0.05, 0) is 62.2 Å². The van der Waals surface area contributed by atoms with E-state index < -0.39 is 23.9 Å². The highest BCUT2D eigenvalue weighted by molar-refractivity contribution is 6.32. The summed E-state index contributed by atoms with van der Waals surface area (Å²) in [4.78, 5) is 43.1. The predicted octanol–water partition coefficient (Wildman–Crippen LogP) is 2.91. The van der Waals surface area contributed by atoms with E-state index in [1.165, 1.54) is 37.9 Å². The van der Waals surface area contributed by atoms with Crippen molar-refractivity contribution in [3.8, 4) is 5.75 Å². The van der Waals surface area contributed by atoms with E-state index in [0.29, 0.717) is 11.6 Å². The summed E-state index contributed by atoms with van der Waals surface area (Å²) < 4.78 is 5.89. The lowest BCUT2D eigenvalue weighted by atomic mass is 10.1. The number of hydrogen-bond donors (Lipinski definition) is 5. The number of nitrogens with one attached hydrogen (secondary N) is 1. The fourth-order valence-electron chi connectivity index (χ4n) is 3.09. The lowest BCUT2D eigenvalue weighted by Crippen LogP contribution is -2.29. The minimum Gasteiger partial charge on any atom is -0.494 e. The number of carboxylic acid groups (broad SMARTS) is 4. The van der Waals surface area contributed by atoms with Gasteiger partial charge in [0.05, 0.1) is 11.6 Å². The van der Waals surface area contributed by atoms with Gasteiger partial charge in [0.25, 0.3) is 0 Å². The summed E-state index contributed by atoms with van der Waals surface area (Å²) in [6.07, 6.45) is 6.65. The second-order valence-corrected chi connectivity index (χ2v) is 8.07. The molecule has 1 aromatic heterocycles. The third-order valence-electron chi connectivity index (χ3n) is 4.76. The summed E-state index contributed by atoms with van der Waals surface area (Å²) in [6.45, 7) is 4.91. The molecule has 2 heterocycles. The molecule has 3 rings (SSSR count). The van der Waals surface area contributed by atoms with Crippen LogP contribution in [0.25, 0.3) is 0 Å². The minimum atomic E-state index is -1.82. The van der Waals surface area contributed by atoms with Gasteiger partial charge in [-0.25, -0.2) is 24.2 Å². The van der Waals surface area contributed by atoms with Gasteiger partial charge >= 0.3 is 23.9 Å². The van der Waals surface area contributed by atoms with Crippen LogP contribution in [0.15, 0.2) is 42.6 Å². The Morgan fingerprint density at radius 3 is 2.11 bits per heavy atom. The normalized spacial score (nSPS) is 12.6. The Balaban J connectivity index is 0.000000476. The van der Waals surface area contributed by atoms with Crippen LogP contribution in [0, 0.1) is 0 Å². The van der Waals surface area contributed by atoms with Gasteiger partial charge in [0.15, 0.2) is 0 Å². The monoisotopic (exact) mass is 539 g/mol. The zero-order valence-corrected chi connectivity index (χ0v) is 20.8. The molecule has 5 N–H and O–H groups in total. The summed E-state index contributed by atoms with van der Waals surface area (Å²) >= 11 is 6.07. The van der Waals surface area contributed by atoms with Crippen molar-refractivity contribution in [3.05, 3.63) is 53.2 Å². The quantitative estimate of drug-likeness (QED) is 0.244. The third-order valence-corrected chi connectivity index (χ3v) is 5.06. The number of hydrogen-bond acceptors (Lipinski definition) is 8. The van der Waals surface area contributed by atoms with Crippen molar-refractivity contribution in [3.63, 3.8) is 0 Å². The Kier molecular flexibility index (Phi) is 14.7. The average molecular weight is 540 g/mol. The molecule has 0 spiro atoms. The molecule has 1 saturated heterocycles. The molecule has 0 radical (unpaired) electrons. The van der Waals surface area contributed by atoms with Crippen molar-refractivity contribution >= 4 is 41.3 Å². The van der Waals surface area contributed by atoms with E-state index >= 15 is 0 Å². The molecule has 0 bridgehead atoms. The van der Waals surface area contributed by atoms with Crippen molar-refractivity contribution in [1.82, 2.24) is 9.88 Å². The molecule has 1 aliphatic heterocycles. The van der Waals surface area contributed by atoms with Crippen molar-refractivity contribution in [2.45, 2.75) is 32.2 Å². The Morgan fingerprint density at radius 2 is 1.54 bits per heavy atom. The first-order valence-corrected chi connectivity index (χ1v) is 11.7. The minimum absolute atomic E-state index is 0.647. The number of carboxylic acids is 4. The number of aromatic nitrogens is 1. The number of nitrogens with zero attached hydrogens (tertiary/aromatic N) is 2. The molecule has 0 unspecified atom stereocenters. The van der Waals surface area contributed by atoms with E-state index in [1.54, 1.807) is 6.20 Å². The first-order valence-electron chi connectivity index (χ1n) is 11.3. The van der Waals surface area contributed by atoms with Crippen LogP contribution in [0.1, 0.15) is 31.2 Å². The van der Waals surface area contributed by atoms with Gasteiger partial charge in [0.1, 0.15) is 11.6 Å². The topological polar surface area (TPSA) is 187 Å². The molecule has 0 amide bonds. The second-order valence-electron chi connectivity index (χ2n) is 7.67. The Labute approximate surface area is 218 Å². The lowest BCUT2D eigenvalue weighted by Gasteiger charge is -2.26. The van der Waals surface area contributed by atoms with E-state index in [2.05, 4.69) is 33.4 Å². The molecule has 13 heteroatoms. The van der Waals surface area contributed by atoms with Crippen molar-refractivity contribution in [1.29, 1.82) is 0 Å². The number of pyridine rings is 1. The van der Waals surface area contributed by atoms with Gasteiger partial charge < -0.3 is 30.5 Å². The summed E-state index contributed by atoms with van der Waals surface area (Å²) in [6, 6.07) is 12.1. The van der Waals surface area contributed by atoms with Crippen LogP contribution in [0.5, 0.6) is 5.75 Å². The van der Waals surface area contributed by atoms with Crippen LogP contribution in [0.2, 0.25) is 5.02 Å². The number of carbonyl (C=O) groups is 4. The number of benzene rings is 1. The van der Waals surface area contributed by atoms with Gasteiger partial charge in [0.2, 0.25) is 0 Å². The zero-order chi connectivity index (χ0) is 27.6. The highest BCUT2D eigenvalue weighted by Crippen LogP contribution is 2.19. The molecule has 0 saturated carbocycles. The van der Waals surface area contributed by atoms with Gasteiger partial charge in [-0.2, -0.15) is 0 Å². The van der Waals surface area contributed by atoms with Gasteiger partial charge in [-0.1, -0.05) is 30.2 Å². The van der Waals surface area contributed by atoms with Crippen LogP contribution in [0.3, 0.4) is 0 Å². The van der Waals surface area contributed by atoms with E-state index in [1.807, 2.05) is 18.2 Å². The highest BCUT2D eigenvalue weighted by atomic mass is 35.5.